The van der Waals surface area contributed by atoms with Crippen LogP contribution in [0.2, 0.25) is 0 Å². The lowest BCUT2D eigenvalue weighted by molar-refractivity contribution is -0.143. The van der Waals surface area contributed by atoms with E-state index in [0.717, 1.165) is 0 Å². The van der Waals surface area contributed by atoms with Crippen molar-refractivity contribution < 1.29 is 24.2 Å². The maximum absolute atomic E-state index is 11.6. The summed E-state index contributed by atoms with van der Waals surface area (Å²) in [5.41, 5.74) is 0.463. The van der Waals surface area contributed by atoms with Gasteiger partial charge in [0, 0.05) is 6.54 Å². The second kappa shape index (κ2) is 8.57. The minimum Gasteiger partial charge on any atom is -0.479 e. The van der Waals surface area contributed by atoms with E-state index < -0.39 is 24.0 Å². The first kappa shape index (κ1) is 16.5. The number of rotatable bonds is 7. The van der Waals surface area contributed by atoms with Crippen LogP contribution in [0.3, 0.4) is 0 Å². The predicted molar refractivity (Wildman–Crippen MR) is 74.6 cm³/mol. The lowest BCUT2D eigenvalue weighted by Crippen LogP contribution is -2.41. The summed E-state index contributed by atoms with van der Waals surface area (Å²) in [4.78, 5) is 33.9. The van der Waals surface area contributed by atoms with Gasteiger partial charge in [0.2, 0.25) is 0 Å². The molecule has 0 spiro atoms. The fourth-order valence-corrected chi connectivity index (χ4v) is 1.63. The number of carboxylic acids is 1. The molecule has 0 fully saturated rings. The molecule has 0 heterocycles. The summed E-state index contributed by atoms with van der Waals surface area (Å²) in [6.07, 6.45) is 0.0321. The van der Waals surface area contributed by atoms with Gasteiger partial charge in [-0.3, -0.25) is 4.79 Å². The number of ether oxygens (including phenoxy) is 1. The average Bonchev–Trinajstić information content (AvgIpc) is 2.45. The Hall–Kier alpha value is -2.57. The molecule has 0 bridgehead atoms. The topological polar surface area (TPSA) is 105 Å². The number of carboxylic acid groups (broad SMARTS) is 1. The summed E-state index contributed by atoms with van der Waals surface area (Å²) >= 11 is 0. The predicted octanol–water partition coefficient (Wildman–Crippen LogP) is 1.06. The van der Waals surface area contributed by atoms with E-state index in [4.69, 9.17) is 9.84 Å². The highest BCUT2D eigenvalue weighted by molar-refractivity contribution is 5.83. The number of amides is 2. The van der Waals surface area contributed by atoms with Crippen LogP contribution in [0.5, 0.6) is 0 Å². The Morgan fingerprint density at radius 3 is 2.48 bits per heavy atom. The van der Waals surface area contributed by atoms with Crippen molar-refractivity contribution in [2.75, 3.05) is 13.2 Å². The molecule has 1 aromatic carbocycles. The van der Waals surface area contributed by atoms with Crippen molar-refractivity contribution in [2.24, 2.45) is 0 Å². The molecular formula is C14H18N2O5. The molecule has 1 atom stereocenters. The van der Waals surface area contributed by atoms with E-state index in [2.05, 4.69) is 10.6 Å². The number of aliphatic carboxylic acids is 1. The van der Waals surface area contributed by atoms with Crippen LogP contribution < -0.4 is 10.6 Å². The van der Waals surface area contributed by atoms with Crippen LogP contribution in [0.1, 0.15) is 24.9 Å². The summed E-state index contributed by atoms with van der Waals surface area (Å²) < 4.78 is 4.71. The van der Waals surface area contributed by atoms with Gasteiger partial charge in [-0.1, -0.05) is 30.3 Å². The van der Waals surface area contributed by atoms with Crippen molar-refractivity contribution in [1.82, 2.24) is 10.6 Å². The number of hydrogen-bond donors (Lipinski definition) is 3. The lowest BCUT2D eigenvalue weighted by atomic mass is 10.1. The number of benzene rings is 1. The van der Waals surface area contributed by atoms with E-state index in [1.807, 2.05) is 0 Å². The van der Waals surface area contributed by atoms with E-state index in [9.17, 15) is 14.4 Å². The van der Waals surface area contributed by atoms with E-state index in [0.29, 0.717) is 5.56 Å². The highest BCUT2D eigenvalue weighted by Crippen LogP contribution is 2.12. The van der Waals surface area contributed by atoms with Crippen LogP contribution in [-0.4, -0.2) is 36.2 Å². The third-order valence-electron chi connectivity index (χ3n) is 2.58. The van der Waals surface area contributed by atoms with Gasteiger partial charge >= 0.3 is 18.0 Å². The molecule has 7 nitrogen and oxygen atoms in total. The summed E-state index contributed by atoms with van der Waals surface area (Å²) in [6.45, 7) is 2.04. The van der Waals surface area contributed by atoms with Crippen LogP contribution in [0.15, 0.2) is 30.3 Å². The molecular weight excluding hydrogens is 276 g/mol. The highest BCUT2D eigenvalue weighted by atomic mass is 16.5. The first-order valence-electron chi connectivity index (χ1n) is 6.52. The van der Waals surface area contributed by atoms with Gasteiger partial charge in [0.25, 0.3) is 0 Å². The van der Waals surface area contributed by atoms with E-state index in [1.54, 1.807) is 37.3 Å². The molecule has 0 aromatic heterocycles. The molecule has 0 aliphatic heterocycles. The smallest absolute Gasteiger partial charge is 0.330 e. The Morgan fingerprint density at radius 2 is 1.90 bits per heavy atom. The second-order valence-electron chi connectivity index (χ2n) is 4.14. The summed E-state index contributed by atoms with van der Waals surface area (Å²) in [5.74, 6) is -1.59. The van der Waals surface area contributed by atoms with Gasteiger partial charge in [0.1, 0.15) is 0 Å². The molecule has 2 amide bonds. The van der Waals surface area contributed by atoms with Crippen LogP contribution >= 0.6 is 0 Å². The fourth-order valence-electron chi connectivity index (χ4n) is 1.63. The van der Waals surface area contributed by atoms with Crippen molar-refractivity contribution in [1.29, 1.82) is 0 Å². The van der Waals surface area contributed by atoms with Gasteiger partial charge in [-0.2, -0.15) is 0 Å². The van der Waals surface area contributed by atoms with Crippen LogP contribution in [0.4, 0.5) is 4.79 Å². The molecule has 0 aliphatic rings. The third-order valence-corrected chi connectivity index (χ3v) is 2.58. The summed E-state index contributed by atoms with van der Waals surface area (Å²) in [7, 11) is 0. The normalized spacial score (nSPS) is 11.3. The number of carbonyl (C=O) groups excluding carboxylic acids is 2. The van der Waals surface area contributed by atoms with Gasteiger partial charge in [-0.25, -0.2) is 9.59 Å². The lowest BCUT2D eigenvalue weighted by Gasteiger charge is -2.15. The molecule has 0 saturated heterocycles. The summed E-state index contributed by atoms with van der Waals surface area (Å²) in [6, 6.07) is 6.54. The van der Waals surface area contributed by atoms with Gasteiger partial charge in [0.15, 0.2) is 6.04 Å². The van der Waals surface area contributed by atoms with Gasteiger partial charge in [-0.05, 0) is 12.5 Å². The molecule has 0 radical (unpaired) electrons. The zero-order valence-electron chi connectivity index (χ0n) is 11.7. The Morgan fingerprint density at radius 1 is 1.24 bits per heavy atom. The molecule has 1 aromatic rings. The minimum absolute atomic E-state index is 0.0321. The van der Waals surface area contributed by atoms with Crippen LogP contribution in [0.25, 0.3) is 0 Å². The molecule has 0 saturated carbocycles. The first-order chi connectivity index (χ1) is 10.0. The van der Waals surface area contributed by atoms with Crippen molar-refractivity contribution in [2.45, 2.75) is 19.4 Å². The first-order valence-corrected chi connectivity index (χ1v) is 6.52. The number of esters is 1. The zero-order valence-corrected chi connectivity index (χ0v) is 11.7. The van der Waals surface area contributed by atoms with Crippen molar-refractivity contribution in [3.63, 3.8) is 0 Å². The molecule has 0 unspecified atom stereocenters. The number of nitrogens with one attached hydrogen (secondary N) is 2. The summed E-state index contributed by atoms with van der Waals surface area (Å²) in [5, 5.41) is 13.9. The van der Waals surface area contributed by atoms with Crippen molar-refractivity contribution >= 4 is 18.0 Å². The number of carbonyl (C=O) groups is 3. The van der Waals surface area contributed by atoms with Crippen LogP contribution in [0, 0.1) is 0 Å². The third kappa shape index (κ3) is 5.94. The van der Waals surface area contributed by atoms with Crippen molar-refractivity contribution in [3.8, 4) is 0 Å². The largest absolute Gasteiger partial charge is 0.479 e. The molecule has 21 heavy (non-hydrogen) atoms. The highest BCUT2D eigenvalue weighted by Gasteiger charge is 2.21. The molecule has 1 rings (SSSR count). The zero-order chi connectivity index (χ0) is 15.7. The molecule has 0 aliphatic carbocycles. The van der Waals surface area contributed by atoms with Crippen LogP contribution in [-0.2, 0) is 14.3 Å². The van der Waals surface area contributed by atoms with Crippen molar-refractivity contribution in [3.05, 3.63) is 35.9 Å². The fraction of sp³-hybridized carbons (Fsp3) is 0.357. The van der Waals surface area contributed by atoms with E-state index in [1.165, 1.54) is 0 Å². The number of urea groups is 1. The quantitative estimate of drug-likeness (QED) is 0.652. The SMILES string of the molecule is CCOC(=O)CCNC(=O)N[C@@H](C(=O)O)c1ccccc1. The Labute approximate surface area is 122 Å². The van der Waals surface area contributed by atoms with Gasteiger partial charge in [0.05, 0.1) is 13.0 Å². The van der Waals surface area contributed by atoms with Gasteiger partial charge < -0.3 is 20.5 Å². The van der Waals surface area contributed by atoms with Gasteiger partial charge in [-0.15, -0.1) is 0 Å². The standard InChI is InChI=1S/C14H18N2O5/c1-2-21-11(17)8-9-15-14(20)16-12(13(18)19)10-6-4-3-5-7-10/h3-7,12H,2,8-9H2,1H3,(H,18,19)(H2,15,16,20)/t12-/m1/s1. The molecule has 3 N–H and O–H groups in total. The maximum Gasteiger partial charge on any atom is 0.330 e. The maximum atomic E-state index is 11.6. The minimum atomic E-state index is -1.17. The average molecular weight is 294 g/mol. The van der Waals surface area contributed by atoms with E-state index in [-0.39, 0.29) is 19.6 Å². The Kier molecular flexibility index (Phi) is 6.73. The molecule has 7 heteroatoms. The van der Waals surface area contributed by atoms with E-state index >= 15 is 0 Å². The molecule has 114 valence electrons. The Bertz CT molecular complexity index is 489. The Balaban J connectivity index is 2.47. The second-order valence-corrected chi connectivity index (χ2v) is 4.14. The monoisotopic (exact) mass is 294 g/mol. The number of hydrogen-bond acceptors (Lipinski definition) is 4.